The molecule has 324 valence electrons. The third-order valence-corrected chi connectivity index (χ3v) is 10.4. The van der Waals surface area contributed by atoms with Crippen molar-refractivity contribution in [2.45, 2.75) is 252 Å². The lowest BCUT2D eigenvalue weighted by molar-refractivity contribution is -0.150. The predicted octanol–water partition coefficient (Wildman–Crippen LogP) is 13.5. The fourth-order valence-corrected chi connectivity index (χ4v) is 6.75. The van der Waals surface area contributed by atoms with Crippen molar-refractivity contribution < 1.29 is 38.1 Å². The van der Waals surface area contributed by atoms with Crippen LogP contribution in [0, 0.1) is 5.92 Å². The summed E-state index contributed by atoms with van der Waals surface area (Å²) in [4.78, 5) is 48.9. The molecular formula is C47H88O8. The third-order valence-electron chi connectivity index (χ3n) is 10.4. The first kappa shape index (κ1) is 52.9. The Balaban J connectivity index is 3.85. The van der Waals surface area contributed by atoms with E-state index in [0.717, 1.165) is 77.0 Å². The van der Waals surface area contributed by atoms with E-state index < -0.39 is 0 Å². The quantitative estimate of drug-likeness (QED) is 0.0342. The average molecular weight is 781 g/mol. The van der Waals surface area contributed by atoms with E-state index in [0.29, 0.717) is 45.1 Å². The maximum absolute atomic E-state index is 12.6. The van der Waals surface area contributed by atoms with Crippen LogP contribution in [0.1, 0.15) is 246 Å². The third kappa shape index (κ3) is 39.9. The molecule has 0 aliphatic heterocycles. The van der Waals surface area contributed by atoms with Crippen molar-refractivity contribution in [3.63, 3.8) is 0 Å². The van der Waals surface area contributed by atoms with Crippen LogP contribution in [0.4, 0.5) is 0 Å². The number of carbonyl (C=O) groups is 4. The minimum absolute atomic E-state index is 0.0522. The molecule has 0 aliphatic carbocycles. The lowest BCUT2D eigenvalue weighted by Gasteiger charge is -2.18. The van der Waals surface area contributed by atoms with Crippen LogP contribution in [-0.2, 0) is 38.1 Å². The zero-order chi connectivity index (χ0) is 40.5. The molecule has 0 aromatic heterocycles. The predicted molar refractivity (Wildman–Crippen MR) is 226 cm³/mol. The second-order valence-corrected chi connectivity index (χ2v) is 16.2. The molecule has 0 spiro atoms. The maximum Gasteiger partial charge on any atom is 0.306 e. The van der Waals surface area contributed by atoms with Gasteiger partial charge in [-0.1, -0.05) is 163 Å². The van der Waals surface area contributed by atoms with E-state index in [1.165, 1.54) is 103 Å². The first-order valence-electron chi connectivity index (χ1n) is 23.5. The zero-order valence-corrected chi connectivity index (χ0v) is 36.6. The van der Waals surface area contributed by atoms with Gasteiger partial charge in [0, 0.05) is 31.6 Å². The largest absolute Gasteiger partial charge is 0.466 e. The maximum atomic E-state index is 12.6. The molecule has 0 radical (unpaired) electrons. The SMILES string of the molecule is CCCCCCCCCCOC(=O)CCCCCC(=O)OCC(C)COC(=O)CCCCCCCC(=O)OC(CCCCCCCC)CCCCCCCC. The summed E-state index contributed by atoms with van der Waals surface area (Å²) < 4.78 is 22.1. The van der Waals surface area contributed by atoms with Gasteiger partial charge in [0.1, 0.15) is 6.10 Å². The van der Waals surface area contributed by atoms with E-state index in [1.807, 2.05) is 6.92 Å². The number of esters is 4. The summed E-state index contributed by atoms with van der Waals surface area (Å²) in [6, 6.07) is 0. The topological polar surface area (TPSA) is 105 Å². The Bertz CT molecular complexity index is 874. The Kier molecular flexibility index (Phi) is 39.9. The van der Waals surface area contributed by atoms with Gasteiger partial charge in [0.05, 0.1) is 19.8 Å². The summed E-state index contributed by atoms with van der Waals surface area (Å²) in [7, 11) is 0. The molecule has 8 nitrogen and oxygen atoms in total. The number of hydrogen-bond acceptors (Lipinski definition) is 8. The van der Waals surface area contributed by atoms with Gasteiger partial charge in [-0.15, -0.1) is 0 Å². The molecule has 1 unspecified atom stereocenters. The van der Waals surface area contributed by atoms with Crippen LogP contribution in [0.5, 0.6) is 0 Å². The number of rotatable bonds is 42. The normalized spacial score (nSPS) is 11.8. The van der Waals surface area contributed by atoms with Crippen LogP contribution >= 0.6 is 0 Å². The van der Waals surface area contributed by atoms with E-state index in [1.54, 1.807) is 0 Å². The molecular weight excluding hydrogens is 693 g/mol. The molecule has 0 fully saturated rings. The summed E-state index contributed by atoms with van der Waals surface area (Å²) in [6.07, 6.45) is 35.1. The molecule has 0 saturated carbocycles. The molecule has 55 heavy (non-hydrogen) atoms. The van der Waals surface area contributed by atoms with E-state index in [-0.39, 0.29) is 49.1 Å². The number of hydrogen-bond donors (Lipinski definition) is 0. The van der Waals surface area contributed by atoms with E-state index in [4.69, 9.17) is 18.9 Å². The van der Waals surface area contributed by atoms with E-state index in [9.17, 15) is 19.2 Å². The smallest absolute Gasteiger partial charge is 0.306 e. The van der Waals surface area contributed by atoms with Crippen molar-refractivity contribution in [3.05, 3.63) is 0 Å². The van der Waals surface area contributed by atoms with Crippen LogP contribution in [0.15, 0.2) is 0 Å². The lowest BCUT2D eigenvalue weighted by Crippen LogP contribution is -2.18. The molecule has 0 saturated heterocycles. The Labute approximate surface area is 339 Å². The van der Waals surface area contributed by atoms with Crippen LogP contribution in [-0.4, -0.2) is 49.8 Å². The van der Waals surface area contributed by atoms with E-state index in [2.05, 4.69) is 20.8 Å². The molecule has 0 aromatic carbocycles. The van der Waals surface area contributed by atoms with Crippen molar-refractivity contribution in [1.82, 2.24) is 0 Å². The Morgan fingerprint density at radius 2 is 0.673 bits per heavy atom. The highest BCUT2D eigenvalue weighted by molar-refractivity contribution is 5.70. The summed E-state index contributed by atoms with van der Waals surface area (Å²) in [6.45, 7) is 9.57. The average Bonchev–Trinajstić information content (AvgIpc) is 3.17. The molecule has 0 aromatic rings. The fourth-order valence-electron chi connectivity index (χ4n) is 6.75. The molecule has 0 amide bonds. The first-order chi connectivity index (χ1) is 26.8. The molecule has 0 aliphatic rings. The highest BCUT2D eigenvalue weighted by Gasteiger charge is 2.15. The van der Waals surface area contributed by atoms with Gasteiger partial charge >= 0.3 is 23.9 Å². The molecule has 0 bridgehead atoms. The number of ether oxygens (including phenoxy) is 4. The highest BCUT2D eigenvalue weighted by Crippen LogP contribution is 2.19. The highest BCUT2D eigenvalue weighted by atomic mass is 16.6. The molecule has 8 heteroatoms. The Morgan fingerprint density at radius 3 is 1.09 bits per heavy atom. The van der Waals surface area contributed by atoms with Crippen LogP contribution in [0.2, 0.25) is 0 Å². The molecule has 0 N–H and O–H groups in total. The zero-order valence-electron chi connectivity index (χ0n) is 36.6. The van der Waals surface area contributed by atoms with Gasteiger partial charge in [-0.3, -0.25) is 19.2 Å². The summed E-state index contributed by atoms with van der Waals surface area (Å²) in [5, 5.41) is 0. The minimum atomic E-state index is -0.259. The monoisotopic (exact) mass is 781 g/mol. The summed E-state index contributed by atoms with van der Waals surface area (Å²) >= 11 is 0. The first-order valence-corrected chi connectivity index (χ1v) is 23.5. The molecule has 0 heterocycles. The molecule has 0 rings (SSSR count). The van der Waals surface area contributed by atoms with Gasteiger partial charge < -0.3 is 18.9 Å². The summed E-state index contributed by atoms with van der Waals surface area (Å²) in [5.74, 6) is -0.753. The molecule has 1 atom stereocenters. The van der Waals surface area contributed by atoms with E-state index >= 15 is 0 Å². The lowest BCUT2D eigenvalue weighted by atomic mass is 10.0. The van der Waals surface area contributed by atoms with Crippen molar-refractivity contribution in [2.75, 3.05) is 19.8 Å². The van der Waals surface area contributed by atoms with Crippen molar-refractivity contribution in [1.29, 1.82) is 0 Å². The minimum Gasteiger partial charge on any atom is -0.466 e. The second-order valence-electron chi connectivity index (χ2n) is 16.2. The van der Waals surface area contributed by atoms with Crippen molar-refractivity contribution in [3.8, 4) is 0 Å². The summed E-state index contributed by atoms with van der Waals surface area (Å²) in [5.41, 5.74) is 0. The van der Waals surface area contributed by atoms with Gasteiger partial charge in [0.2, 0.25) is 0 Å². The van der Waals surface area contributed by atoms with Crippen LogP contribution in [0.3, 0.4) is 0 Å². The van der Waals surface area contributed by atoms with Crippen molar-refractivity contribution in [2.24, 2.45) is 5.92 Å². The van der Waals surface area contributed by atoms with Gasteiger partial charge in [-0.2, -0.15) is 0 Å². The fraction of sp³-hybridized carbons (Fsp3) is 0.915. The Hall–Kier alpha value is -2.12. The van der Waals surface area contributed by atoms with Crippen LogP contribution in [0.25, 0.3) is 0 Å². The van der Waals surface area contributed by atoms with Crippen LogP contribution < -0.4 is 0 Å². The second kappa shape index (κ2) is 41.5. The van der Waals surface area contributed by atoms with Gasteiger partial charge in [-0.25, -0.2) is 0 Å². The van der Waals surface area contributed by atoms with Gasteiger partial charge in [0.15, 0.2) is 0 Å². The number of unbranched alkanes of at least 4 members (excludes halogenated alkanes) is 23. The van der Waals surface area contributed by atoms with Crippen molar-refractivity contribution >= 4 is 23.9 Å². The van der Waals surface area contributed by atoms with Gasteiger partial charge in [-0.05, 0) is 57.8 Å². The Morgan fingerprint density at radius 1 is 0.364 bits per heavy atom. The number of carbonyl (C=O) groups excluding carboxylic acids is 4. The standard InChI is InChI=1S/C47H88O8/c1-5-8-11-14-17-18-24-32-39-52-44(48)35-30-25-31-37-46(50)54-41-42(4)40-53-45(49)36-28-22-19-23-29-38-47(51)55-43(33-26-20-15-12-9-6-2)34-27-21-16-13-10-7-3/h42-43H,5-41H2,1-4H3. The van der Waals surface area contributed by atoms with Gasteiger partial charge in [0.25, 0.3) is 0 Å².